The lowest BCUT2D eigenvalue weighted by molar-refractivity contribution is -0.132. The van der Waals surface area contributed by atoms with Gasteiger partial charge in [-0.3, -0.25) is 9.69 Å². The summed E-state index contributed by atoms with van der Waals surface area (Å²) in [6.07, 6.45) is 1.23. The van der Waals surface area contributed by atoms with Crippen LogP contribution in [0.4, 0.5) is 0 Å². The number of amides is 1. The molecule has 18 heavy (non-hydrogen) atoms. The Labute approximate surface area is 110 Å². The standard InChI is InChI=1S/C13H27N3O2/c1-4-5-11(17)10-15-12(18)13(2,3)16-8-6-14-7-9-16/h11,14,17H,4-10H2,1-3H3,(H,15,18). The molecule has 0 aromatic heterocycles. The maximum absolute atomic E-state index is 12.2. The van der Waals surface area contributed by atoms with Crippen LogP contribution in [0.2, 0.25) is 0 Å². The van der Waals surface area contributed by atoms with Gasteiger partial charge in [-0.15, -0.1) is 0 Å². The highest BCUT2D eigenvalue weighted by Gasteiger charge is 2.34. The Morgan fingerprint density at radius 1 is 1.44 bits per heavy atom. The van der Waals surface area contributed by atoms with Gasteiger partial charge in [0.2, 0.25) is 5.91 Å². The summed E-state index contributed by atoms with van der Waals surface area (Å²) in [4.78, 5) is 14.4. The van der Waals surface area contributed by atoms with Crippen LogP contribution in [-0.4, -0.2) is 60.3 Å². The summed E-state index contributed by atoms with van der Waals surface area (Å²) in [7, 11) is 0. The Hall–Kier alpha value is -0.650. The van der Waals surface area contributed by atoms with E-state index in [1.54, 1.807) is 0 Å². The number of carbonyl (C=O) groups is 1. The minimum Gasteiger partial charge on any atom is -0.391 e. The Balaban J connectivity index is 2.42. The zero-order chi connectivity index (χ0) is 13.6. The average Bonchev–Trinajstić information content (AvgIpc) is 2.37. The van der Waals surface area contributed by atoms with Crippen molar-refractivity contribution in [3.8, 4) is 0 Å². The first-order chi connectivity index (χ1) is 8.48. The van der Waals surface area contributed by atoms with Gasteiger partial charge in [0.25, 0.3) is 0 Å². The number of hydrogen-bond acceptors (Lipinski definition) is 4. The van der Waals surface area contributed by atoms with Crippen LogP contribution in [-0.2, 0) is 4.79 Å². The zero-order valence-electron chi connectivity index (χ0n) is 11.8. The molecule has 1 aliphatic heterocycles. The quantitative estimate of drug-likeness (QED) is 0.624. The fourth-order valence-corrected chi connectivity index (χ4v) is 2.23. The molecule has 5 nitrogen and oxygen atoms in total. The van der Waals surface area contributed by atoms with Crippen molar-refractivity contribution < 1.29 is 9.90 Å². The number of rotatable bonds is 6. The predicted octanol–water partition coefficient (Wildman–Crippen LogP) is -0.0526. The molecule has 1 aliphatic rings. The third-order valence-electron chi connectivity index (χ3n) is 3.58. The summed E-state index contributed by atoms with van der Waals surface area (Å²) in [5, 5.41) is 15.8. The summed E-state index contributed by atoms with van der Waals surface area (Å²) in [6.45, 7) is 9.89. The predicted molar refractivity (Wildman–Crippen MR) is 72.4 cm³/mol. The van der Waals surface area contributed by atoms with Crippen LogP contribution < -0.4 is 10.6 Å². The fraction of sp³-hybridized carbons (Fsp3) is 0.923. The van der Waals surface area contributed by atoms with Gasteiger partial charge in [-0.1, -0.05) is 13.3 Å². The Morgan fingerprint density at radius 2 is 2.06 bits per heavy atom. The van der Waals surface area contributed by atoms with Crippen molar-refractivity contribution in [3.63, 3.8) is 0 Å². The SMILES string of the molecule is CCCC(O)CNC(=O)C(C)(C)N1CCNCC1. The van der Waals surface area contributed by atoms with E-state index in [1.807, 2.05) is 20.8 Å². The first-order valence-electron chi connectivity index (χ1n) is 6.90. The first-order valence-corrected chi connectivity index (χ1v) is 6.90. The third-order valence-corrected chi connectivity index (χ3v) is 3.58. The number of carbonyl (C=O) groups excluding carboxylic acids is 1. The van der Waals surface area contributed by atoms with E-state index in [0.29, 0.717) is 6.54 Å². The zero-order valence-corrected chi connectivity index (χ0v) is 11.8. The van der Waals surface area contributed by atoms with Gasteiger partial charge < -0.3 is 15.7 Å². The van der Waals surface area contributed by atoms with Crippen molar-refractivity contribution in [1.29, 1.82) is 0 Å². The lowest BCUT2D eigenvalue weighted by Gasteiger charge is -2.39. The van der Waals surface area contributed by atoms with Crippen LogP contribution >= 0.6 is 0 Å². The molecule has 1 atom stereocenters. The maximum Gasteiger partial charge on any atom is 0.240 e. The van der Waals surface area contributed by atoms with E-state index < -0.39 is 11.6 Å². The largest absolute Gasteiger partial charge is 0.391 e. The van der Waals surface area contributed by atoms with Crippen molar-refractivity contribution in [2.75, 3.05) is 32.7 Å². The Morgan fingerprint density at radius 3 is 2.61 bits per heavy atom. The molecule has 0 spiro atoms. The fourth-order valence-electron chi connectivity index (χ4n) is 2.23. The van der Waals surface area contributed by atoms with Crippen LogP contribution in [0.3, 0.4) is 0 Å². The number of nitrogens with one attached hydrogen (secondary N) is 2. The van der Waals surface area contributed by atoms with E-state index in [-0.39, 0.29) is 5.91 Å². The molecular formula is C13H27N3O2. The highest BCUT2D eigenvalue weighted by atomic mass is 16.3. The molecule has 1 unspecified atom stereocenters. The first kappa shape index (κ1) is 15.4. The van der Waals surface area contributed by atoms with Crippen molar-refractivity contribution in [2.24, 2.45) is 0 Å². The lowest BCUT2D eigenvalue weighted by atomic mass is 10.0. The van der Waals surface area contributed by atoms with E-state index in [1.165, 1.54) is 0 Å². The molecule has 0 radical (unpaired) electrons. The average molecular weight is 257 g/mol. The smallest absolute Gasteiger partial charge is 0.240 e. The van der Waals surface area contributed by atoms with E-state index in [0.717, 1.165) is 39.0 Å². The molecule has 1 fully saturated rings. The molecule has 1 amide bonds. The van der Waals surface area contributed by atoms with Gasteiger partial charge in [-0.2, -0.15) is 0 Å². The topological polar surface area (TPSA) is 64.6 Å². The van der Waals surface area contributed by atoms with Crippen LogP contribution in [0.15, 0.2) is 0 Å². The molecule has 106 valence electrons. The molecular weight excluding hydrogens is 230 g/mol. The molecule has 0 bridgehead atoms. The van der Waals surface area contributed by atoms with Crippen molar-refractivity contribution in [1.82, 2.24) is 15.5 Å². The molecule has 0 aliphatic carbocycles. The van der Waals surface area contributed by atoms with E-state index in [9.17, 15) is 9.90 Å². The molecule has 1 heterocycles. The second-order valence-electron chi connectivity index (χ2n) is 5.45. The van der Waals surface area contributed by atoms with Gasteiger partial charge in [0.1, 0.15) is 0 Å². The monoisotopic (exact) mass is 257 g/mol. The highest BCUT2D eigenvalue weighted by Crippen LogP contribution is 2.15. The molecule has 0 aromatic rings. The second kappa shape index (κ2) is 7.07. The molecule has 1 rings (SSSR count). The van der Waals surface area contributed by atoms with Gasteiger partial charge in [0.05, 0.1) is 11.6 Å². The van der Waals surface area contributed by atoms with E-state index in [2.05, 4.69) is 15.5 Å². The van der Waals surface area contributed by atoms with Gasteiger partial charge in [-0.05, 0) is 20.3 Å². The normalized spacial score (nSPS) is 19.6. The molecule has 5 heteroatoms. The summed E-state index contributed by atoms with van der Waals surface area (Å²) in [5.74, 6) is -0.000414. The van der Waals surface area contributed by atoms with E-state index >= 15 is 0 Å². The molecule has 3 N–H and O–H groups in total. The van der Waals surface area contributed by atoms with Crippen molar-refractivity contribution in [3.05, 3.63) is 0 Å². The third kappa shape index (κ3) is 4.23. The van der Waals surface area contributed by atoms with Crippen LogP contribution in [0.5, 0.6) is 0 Å². The summed E-state index contributed by atoms with van der Waals surface area (Å²) >= 11 is 0. The minimum absolute atomic E-state index is 0.000414. The van der Waals surface area contributed by atoms with Gasteiger partial charge >= 0.3 is 0 Å². The number of piperazine rings is 1. The van der Waals surface area contributed by atoms with Crippen LogP contribution in [0.1, 0.15) is 33.6 Å². The summed E-state index contributed by atoms with van der Waals surface area (Å²) < 4.78 is 0. The van der Waals surface area contributed by atoms with Crippen molar-refractivity contribution >= 4 is 5.91 Å². The summed E-state index contributed by atoms with van der Waals surface area (Å²) in [6, 6.07) is 0. The number of aliphatic hydroxyl groups excluding tert-OH is 1. The van der Waals surface area contributed by atoms with Crippen molar-refractivity contribution in [2.45, 2.75) is 45.3 Å². The van der Waals surface area contributed by atoms with E-state index in [4.69, 9.17) is 0 Å². The summed E-state index contributed by atoms with van der Waals surface area (Å²) in [5.41, 5.74) is -0.506. The number of nitrogens with zero attached hydrogens (tertiary/aromatic N) is 1. The molecule has 1 saturated heterocycles. The second-order valence-corrected chi connectivity index (χ2v) is 5.45. The maximum atomic E-state index is 12.2. The van der Waals surface area contributed by atoms with Gasteiger partial charge in [-0.25, -0.2) is 0 Å². The lowest BCUT2D eigenvalue weighted by Crippen LogP contribution is -2.60. The van der Waals surface area contributed by atoms with Crippen LogP contribution in [0.25, 0.3) is 0 Å². The molecule has 0 aromatic carbocycles. The van der Waals surface area contributed by atoms with Gasteiger partial charge in [0, 0.05) is 32.7 Å². The Bertz CT molecular complexity index is 263. The Kier molecular flexibility index (Phi) is 6.05. The number of hydrogen-bond donors (Lipinski definition) is 3. The minimum atomic E-state index is -0.506. The van der Waals surface area contributed by atoms with Crippen LogP contribution in [0, 0.1) is 0 Å². The van der Waals surface area contributed by atoms with Gasteiger partial charge in [0.15, 0.2) is 0 Å². The number of aliphatic hydroxyl groups is 1. The highest BCUT2D eigenvalue weighted by molar-refractivity contribution is 5.85. The molecule has 0 saturated carbocycles.